The normalized spacial score (nSPS) is 26.1. The summed E-state index contributed by atoms with van der Waals surface area (Å²) in [6, 6.07) is 2.29. The fourth-order valence-electron chi connectivity index (χ4n) is 2.14. The van der Waals surface area contributed by atoms with E-state index in [2.05, 4.69) is 16.3 Å². The summed E-state index contributed by atoms with van der Waals surface area (Å²) in [7, 11) is 0. The molecule has 1 aliphatic heterocycles. The highest BCUT2D eigenvalue weighted by atomic mass is 16.2. The predicted octanol–water partition coefficient (Wildman–Crippen LogP) is 0.748. The molecule has 88 valence electrons. The average molecular weight is 221 g/mol. The van der Waals surface area contributed by atoms with Crippen molar-refractivity contribution in [2.45, 2.75) is 25.7 Å². The number of carbonyl (C=O) groups is 1. The summed E-state index contributed by atoms with van der Waals surface area (Å²) in [6.45, 7) is 3.02. The fourth-order valence-corrected chi connectivity index (χ4v) is 2.14. The van der Waals surface area contributed by atoms with Gasteiger partial charge in [0.15, 0.2) is 0 Å². The van der Waals surface area contributed by atoms with E-state index in [0.717, 1.165) is 38.4 Å². The van der Waals surface area contributed by atoms with Crippen LogP contribution in [0.15, 0.2) is 0 Å². The van der Waals surface area contributed by atoms with Gasteiger partial charge in [0.05, 0.1) is 18.5 Å². The van der Waals surface area contributed by atoms with E-state index in [4.69, 9.17) is 5.26 Å². The summed E-state index contributed by atoms with van der Waals surface area (Å²) >= 11 is 0. The van der Waals surface area contributed by atoms with Crippen molar-refractivity contribution in [3.8, 4) is 6.07 Å². The van der Waals surface area contributed by atoms with Crippen molar-refractivity contribution in [3.05, 3.63) is 0 Å². The lowest BCUT2D eigenvalue weighted by molar-refractivity contribution is -0.122. The minimum Gasteiger partial charge on any atom is -0.355 e. The molecule has 1 N–H and O–H groups in total. The molecule has 1 aliphatic carbocycles. The molecule has 0 aromatic rings. The second-order valence-electron chi connectivity index (χ2n) is 4.95. The lowest BCUT2D eigenvalue weighted by atomic mass is 10.00. The van der Waals surface area contributed by atoms with Crippen molar-refractivity contribution in [3.63, 3.8) is 0 Å². The van der Waals surface area contributed by atoms with Crippen LogP contribution in [0.1, 0.15) is 25.7 Å². The maximum Gasteiger partial charge on any atom is 0.234 e. The molecule has 4 nitrogen and oxygen atoms in total. The lowest BCUT2D eigenvalue weighted by Gasteiger charge is -2.28. The maximum absolute atomic E-state index is 11.6. The van der Waals surface area contributed by atoms with E-state index in [1.54, 1.807) is 0 Å². The third kappa shape index (κ3) is 3.49. The van der Waals surface area contributed by atoms with Gasteiger partial charge in [0.2, 0.25) is 5.91 Å². The van der Waals surface area contributed by atoms with Crippen LogP contribution in [0, 0.1) is 23.2 Å². The average Bonchev–Trinajstić information content (AvgIpc) is 3.10. The lowest BCUT2D eigenvalue weighted by Crippen LogP contribution is -2.42. The highest BCUT2D eigenvalue weighted by Crippen LogP contribution is 2.27. The van der Waals surface area contributed by atoms with E-state index in [0.29, 0.717) is 6.54 Å². The van der Waals surface area contributed by atoms with Crippen LogP contribution in [0.4, 0.5) is 0 Å². The van der Waals surface area contributed by atoms with Gasteiger partial charge in [-0.25, -0.2) is 0 Å². The molecule has 2 rings (SSSR count). The van der Waals surface area contributed by atoms with Crippen LogP contribution in [0.2, 0.25) is 0 Å². The summed E-state index contributed by atoms with van der Waals surface area (Å²) in [5.74, 6) is 0.965. The summed E-state index contributed by atoms with van der Waals surface area (Å²) in [6.07, 6.45) is 4.55. The number of amides is 1. The highest BCUT2D eigenvalue weighted by molar-refractivity contribution is 5.78. The fraction of sp³-hybridized carbons (Fsp3) is 0.833. The molecule has 1 amide bonds. The molecule has 4 heteroatoms. The minimum atomic E-state index is 0.116. The van der Waals surface area contributed by atoms with E-state index in [-0.39, 0.29) is 11.8 Å². The Morgan fingerprint density at radius 2 is 2.25 bits per heavy atom. The van der Waals surface area contributed by atoms with Crippen LogP contribution < -0.4 is 5.32 Å². The molecule has 1 saturated carbocycles. The Hall–Kier alpha value is -1.08. The van der Waals surface area contributed by atoms with E-state index < -0.39 is 0 Å². The first-order valence-corrected chi connectivity index (χ1v) is 6.16. The molecule has 1 saturated heterocycles. The van der Waals surface area contributed by atoms with Crippen molar-refractivity contribution in [1.82, 2.24) is 10.2 Å². The van der Waals surface area contributed by atoms with Crippen LogP contribution in [0.3, 0.4) is 0 Å². The van der Waals surface area contributed by atoms with Crippen molar-refractivity contribution < 1.29 is 4.79 Å². The largest absolute Gasteiger partial charge is 0.355 e. The third-order valence-electron chi connectivity index (χ3n) is 3.34. The zero-order valence-corrected chi connectivity index (χ0v) is 9.61. The van der Waals surface area contributed by atoms with E-state index >= 15 is 0 Å². The number of nitrogens with one attached hydrogen (secondary N) is 1. The first-order chi connectivity index (χ1) is 7.78. The summed E-state index contributed by atoms with van der Waals surface area (Å²) in [5, 5.41) is 11.8. The van der Waals surface area contributed by atoms with E-state index in [1.165, 1.54) is 12.8 Å². The van der Waals surface area contributed by atoms with Gasteiger partial charge < -0.3 is 5.32 Å². The van der Waals surface area contributed by atoms with Gasteiger partial charge in [0.1, 0.15) is 0 Å². The Kier molecular flexibility index (Phi) is 3.79. The van der Waals surface area contributed by atoms with Gasteiger partial charge >= 0.3 is 0 Å². The SMILES string of the molecule is N#CC1CCCN(CC(=O)NCC2CC2)C1. The number of likely N-dealkylation sites (tertiary alicyclic amines) is 1. The molecule has 2 aliphatic rings. The van der Waals surface area contributed by atoms with Crippen LogP contribution in [-0.4, -0.2) is 37.0 Å². The molecule has 0 bridgehead atoms. The molecular formula is C12H19N3O. The number of nitriles is 1. The second kappa shape index (κ2) is 5.31. The molecule has 0 spiro atoms. The molecule has 0 radical (unpaired) electrons. The van der Waals surface area contributed by atoms with Gasteiger partial charge in [-0.3, -0.25) is 9.69 Å². The number of carbonyl (C=O) groups excluding carboxylic acids is 1. The molecule has 1 atom stereocenters. The Bertz CT molecular complexity index is 293. The van der Waals surface area contributed by atoms with Gasteiger partial charge in [0.25, 0.3) is 0 Å². The second-order valence-corrected chi connectivity index (χ2v) is 4.95. The van der Waals surface area contributed by atoms with Gasteiger partial charge in [-0.1, -0.05) is 0 Å². The minimum absolute atomic E-state index is 0.116. The Labute approximate surface area is 96.6 Å². The summed E-state index contributed by atoms with van der Waals surface area (Å²) in [4.78, 5) is 13.7. The monoisotopic (exact) mass is 221 g/mol. The van der Waals surface area contributed by atoms with Crippen LogP contribution in [0.25, 0.3) is 0 Å². The number of hydrogen-bond acceptors (Lipinski definition) is 3. The standard InChI is InChI=1S/C12H19N3O/c13-6-11-2-1-5-15(8-11)9-12(16)14-7-10-3-4-10/h10-11H,1-5,7-9H2,(H,14,16). The van der Waals surface area contributed by atoms with Gasteiger partial charge in [-0.2, -0.15) is 5.26 Å². The molecule has 16 heavy (non-hydrogen) atoms. The first-order valence-electron chi connectivity index (χ1n) is 6.16. The quantitative estimate of drug-likeness (QED) is 0.762. The maximum atomic E-state index is 11.6. The topological polar surface area (TPSA) is 56.1 Å². The number of rotatable bonds is 4. The van der Waals surface area contributed by atoms with E-state index in [9.17, 15) is 4.79 Å². The Balaban J connectivity index is 1.67. The van der Waals surface area contributed by atoms with E-state index in [1.807, 2.05) is 0 Å². The number of piperidine rings is 1. The van der Waals surface area contributed by atoms with Crippen molar-refractivity contribution in [2.24, 2.45) is 11.8 Å². The van der Waals surface area contributed by atoms with Crippen LogP contribution in [0.5, 0.6) is 0 Å². The zero-order valence-electron chi connectivity index (χ0n) is 9.61. The van der Waals surface area contributed by atoms with Crippen LogP contribution in [-0.2, 0) is 4.79 Å². The molecule has 0 aromatic carbocycles. The summed E-state index contributed by atoms with van der Waals surface area (Å²) < 4.78 is 0. The van der Waals surface area contributed by atoms with Crippen molar-refractivity contribution >= 4 is 5.91 Å². The molecule has 0 aromatic heterocycles. The third-order valence-corrected chi connectivity index (χ3v) is 3.34. The molecule has 1 heterocycles. The Morgan fingerprint density at radius 1 is 1.44 bits per heavy atom. The molecule has 1 unspecified atom stereocenters. The predicted molar refractivity (Wildman–Crippen MR) is 60.5 cm³/mol. The zero-order chi connectivity index (χ0) is 11.4. The summed E-state index contributed by atoms with van der Waals surface area (Å²) in [5.41, 5.74) is 0. The van der Waals surface area contributed by atoms with Gasteiger partial charge in [-0.05, 0) is 38.1 Å². The number of nitrogens with zero attached hydrogens (tertiary/aromatic N) is 2. The number of hydrogen-bond donors (Lipinski definition) is 1. The molecule has 2 fully saturated rings. The van der Waals surface area contributed by atoms with Crippen LogP contribution >= 0.6 is 0 Å². The van der Waals surface area contributed by atoms with Crippen molar-refractivity contribution in [2.75, 3.05) is 26.2 Å². The van der Waals surface area contributed by atoms with Gasteiger partial charge in [-0.15, -0.1) is 0 Å². The highest BCUT2D eigenvalue weighted by Gasteiger charge is 2.23. The molecular weight excluding hydrogens is 202 g/mol. The van der Waals surface area contributed by atoms with Crippen molar-refractivity contribution in [1.29, 1.82) is 5.26 Å². The first kappa shape index (κ1) is 11.4. The Morgan fingerprint density at radius 3 is 2.94 bits per heavy atom. The smallest absolute Gasteiger partial charge is 0.234 e. The van der Waals surface area contributed by atoms with Gasteiger partial charge in [0, 0.05) is 13.1 Å².